The average Bonchev–Trinajstić information content (AvgIpc) is 2.55. The molecule has 0 radical (unpaired) electrons. The molecule has 0 spiro atoms. The summed E-state index contributed by atoms with van der Waals surface area (Å²) in [6.45, 7) is 7.51. The summed E-state index contributed by atoms with van der Waals surface area (Å²) in [4.78, 5) is 0. The van der Waals surface area contributed by atoms with Crippen molar-refractivity contribution in [2.75, 3.05) is 39.6 Å². The molecule has 124 valence electrons. The molecule has 1 aromatic rings. The molecule has 0 aliphatic carbocycles. The number of para-hydroxylation sites is 1. The van der Waals surface area contributed by atoms with Gasteiger partial charge < -0.3 is 24.1 Å². The summed E-state index contributed by atoms with van der Waals surface area (Å²) in [6.07, 6.45) is 1.42. The van der Waals surface area contributed by atoms with Gasteiger partial charge in [-0.3, -0.25) is 0 Å². The van der Waals surface area contributed by atoms with Gasteiger partial charge in [-0.2, -0.15) is 0 Å². The quantitative estimate of drug-likeness (QED) is 0.446. The lowest BCUT2D eigenvalue weighted by molar-refractivity contribution is -0.0771. The van der Waals surface area contributed by atoms with Crippen LogP contribution in [0.25, 0.3) is 0 Å². The number of hydrogen-bond acceptors (Lipinski definition) is 5. The molecule has 0 aromatic heterocycles. The zero-order valence-electron chi connectivity index (χ0n) is 13.1. The third kappa shape index (κ3) is 8.79. The molecule has 0 aliphatic heterocycles. The number of aliphatic hydroxyl groups excluding tert-OH is 1. The molecule has 0 bridgehead atoms. The van der Waals surface area contributed by atoms with Crippen molar-refractivity contribution in [3.63, 3.8) is 0 Å². The van der Waals surface area contributed by atoms with Crippen molar-refractivity contribution in [1.29, 1.82) is 0 Å². The van der Waals surface area contributed by atoms with E-state index in [2.05, 4.69) is 6.58 Å². The lowest BCUT2D eigenvalue weighted by Gasteiger charge is -2.21. The first-order valence-corrected chi connectivity index (χ1v) is 7.46. The fraction of sp³-hybridized carbons (Fsp3) is 0.529. The SMILES string of the molecule is C=CCOCC(C)OCC(COc1ccccc1)OCCO. The van der Waals surface area contributed by atoms with Gasteiger partial charge in [0.15, 0.2) is 0 Å². The first-order chi connectivity index (χ1) is 10.8. The Morgan fingerprint density at radius 3 is 2.59 bits per heavy atom. The summed E-state index contributed by atoms with van der Waals surface area (Å²) in [5.74, 6) is 0.780. The van der Waals surface area contributed by atoms with Crippen LogP contribution in [0.3, 0.4) is 0 Å². The summed E-state index contributed by atoms with van der Waals surface area (Å²) >= 11 is 0. The second-order valence-electron chi connectivity index (χ2n) is 4.81. The molecule has 0 saturated carbocycles. The van der Waals surface area contributed by atoms with Gasteiger partial charge in [0, 0.05) is 0 Å². The maximum Gasteiger partial charge on any atom is 0.119 e. The molecule has 1 N–H and O–H groups in total. The van der Waals surface area contributed by atoms with Crippen molar-refractivity contribution < 1.29 is 24.1 Å². The second kappa shape index (κ2) is 12.2. The van der Waals surface area contributed by atoms with Gasteiger partial charge >= 0.3 is 0 Å². The number of hydrogen-bond donors (Lipinski definition) is 1. The Morgan fingerprint density at radius 1 is 1.14 bits per heavy atom. The fourth-order valence-corrected chi connectivity index (χ4v) is 1.71. The Hall–Kier alpha value is -1.40. The van der Waals surface area contributed by atoms with Crippen LogP contribution in [0.2, 0.25) is 0 Å². The molecule has 0 saturated heterocycles. The van der Waals surface area contributed by atoms with Gasteiger partial charge in [0.05, 0.1) is 39.1 Å². The van der Waals surface area contributed by atoms with Crippen LogP contribution in [-0.2, 0) is 14.2 Å². The van der Waals surface area contributed by atoms with E-state index in [1.807, 2.05) is 37.3 Å². The standard InChI is InChI=1S/C17H26O5/c1-3-10-19-12-15(2)21-13-17(20-11-9-18)14-22-16-7-5-4-6-8-16/h3-8,15,17-18H,1,9-14H2,2H3. The second-order valence-corrected chi connectivity index (χ2v) is 4.81. The minimum atomic E-state index is -0.241. The monoisotopic (exact) mass is 310 g/mol. The average molecular weight is 310 g/mol. The Labute approximate surface area is 132 Å². The highest BCUT2D eigenvalue weighted by atomic mass is 16.6. The van der Waals surface area contributed by atoms with Crippen molar-refractivity contribution in [3.05, 3.63) is 43.0 Å². The highest BCUT2D eigenvalue weighted by Gasteiger charge is 2.13. The van der Waals surface area contributed by atoms with Crippen LogP contribution in [0.5, 0.6) is 5.75 Å². The fourth-order valence-electron chi connectivity index (χ4n) is 1.71. The minimum absolute atomic E-state index is 0.0279. The maximum atomic E-state index is 8.89. The summed E-state index contributed by atoms with van der Waals surface area (Å²) in [6, 6.07) is 9.52. The zero-order valence-corrected chi connectivity index (χ0v) is 13.1. The van der Waals surface area contributed by atoms with Crippen LogP contribution in [-0.4, -0.2) is 57.0 Å². The van der Waals surface area contributed by atoms with Crippen molar-refractivity contribution in [2.24, 2.45) is 0 Å². The largest absolute Gasteiger partial charge is 0.491 e. The van der Waals surface area contributed by atoms with E-state index in [9.17, 15) is 0 Å². The van der Waals surface area contributed by atoms with E-state index >= 15 is 0 Å². The molecule has 0 aliphatic rings. The number of rotatable bonds is 13. The predicted octanol–water partition coefficient (Wildman–Crippen LogP) is 2.05. The lowest BCUT2D eigenvalue weighted by atomic mass is 10.3. The molecule has 2 atom stereocenters. The molecular formula is C17H26O5. The lowest BCUT2D eigenvalue weighted by Crippen LogP contribution is -2.31. The van der Waals surface area contributed by atoms with Crippen LogP contribution in [0.4, 0.5) is 0 Å². The molecule has 5 heteroatoms. The minimum Gasteiger partial charge on any atom is -0.491 e. The van der Waals surface area contributed by atoms with E-state index in [1.165, 1.54) is 0 Å². The maximum absolute atomic E-state index is 8.89. The van der Waals surface area contributed by atoms with Gasteiger partial charge in [-0.1, -0.05) is 24.3 Å². The van der Waals surface area contributed by atoms with Crippen molar-refractivity contribution >= 4 is 0 Å². The van der Waals surface area contributed by atoms with Crippen LogP contribution in [0.1, 0.15) is 6.92 Å². The van der Waals surface area contributed by atoms with Gasteiger partial charge in [0.1, 0.15) is 18.5 Å². The molecular weight excluding hydrogens is 284 g/mol. The molecule has 0 amide bonds. The van der Waals surface area contributed by atoms with Crippen molar-refractivity contribution in [3.8, 4) is 5.75 Å². The summed E-state index contributed by atoms with van der Waals surface area (Å²) in [5.41, 5.74) is 0. The Kier molecular flexibility index (Phi) is 10.3. The highest BCUT2D eigenvalue weighted by Crippen LogP contribution is 2.09. The van der Waals surface area contributed by atoms with Crippen LogP contribution in [0.15, 0.2) is 43.0 Å². The van der Waals surface area contributed by atoms with Gasteiger partial charge in [-0.05, 0) is 19.1 Å². The van der Waals surface area contributed by atoms with Gasteiger partial charge in [0.2, 0.25) is 0 Å². The van der Waals surface area contributed by atoms with E-state index in [0.29, 0.717) is 26.4 Å². The molecule has 0 heterocycles. The highest BCUT2D eigenvalue weighted by molar-refractivity contribution is 5.20. The van der Waals surface area contributed by atoms with E-state index < -0.39 is 0 Å². The molecule has 1 aromatic carbocycles. The number of benzene rings is 1. The molecule has 0 fully saturated rings. The van der Waals surface area contributed by atoms with E-state index in [4.69, 9.17) is 24.1 Å². The van der Waals surface area contributed by atoms with Gasteiger partial charge in [-0.15, -0.1) is 6.58 Å². The van der Waals surface area contributed by atoms with Crippen LogP contribution < -0.4 is 4.74 Å². The molecule has 22 heavy (non-hydrogen) atoms. The van der Waals surface area contributed by atoms with Crippen LogP contribution >= 0.6 is 0 Å². The van der Waals surface area contributed by atoms with E-state index in [0.717, 1.165) is 5.75 Å². The normalized spacial score (nSPS) is 13.5. The summed E-state index contributed by atoms with van der Waals surface area (Å²) in [5, 5.41) is 8.89. The predicted molar refractivity (Wildman–Crippen MR) is 85.2 cm³/mol. The molecule has 2 unspecified atom stereocenters. The summed E-state index contributed by atoms with van der Waals surface area (Å²) < 4.78 is 22.2. The van der Waals surface area contributed by atoms with E-state index in [1.54, 1.807) is 6.08 Å². The Bertz CT molecular complexity index is 382. The van der Waals surface area contributed by atoms with Gasteiger partial charge in [-0.25, -0.2) is 0 Å². The van der Waals surface area contributed by atoms with E-state index in [-0.39, 0.29) is 25.4 Å². The van der Waals surface area contributed by atoms with Gasteiger partial charge in [0.25, 0.3) is 0 Å². The summed E-state index contributed by atoms with van der Waals surface area (Å²) in [7, 11) is 0. The molecule has 5 nitrogen and oxygen atoms in total. The topological polar surface area (TPSA) is 57.2 Å². The Morgan fingerprint density at radius 2 is 1.91 bits per heavy atom. The van der Waals surface area contributed by atoms with Crippen molar-refractivity contribution in [1.82, 2.24) is 0 Å². The first-order valence-electron chi connectivity index (χ1n) is 7.46. The first kappa shape index (κ1) is 18.6. The third-order valence-corrected chi connectivity index (χ3v) is 2.78. The third-order valence-electron chi connectivity index (χ3n) is 2.78. The number of ether oxygens (including phenoxy) is 4. The number of aliphatic hydroxyl groups is 1. The van der Waals surface area contributed by atoms with Crippen LogP contribution in [0, 0.1) is 0 Å². The zero-order chi connectivity index (χ0) is 16.0. The molecule has 1 rings (SSSR count). The smallest absolute Gasteiger partial charge is 0.119 e. The Balaban J connectivity index is 2.31. The van der Waals surface area contributed by atoms with Crippen molar-refractivity contribution in [2.45, 2.75) is 19.1 Å².